The lowest BCUT2D eigenvalue weighted by atomic mass is 10.1. The van der Waals surface area contributed by atoms with E-state index in [0.717, 1.165) is 12.0 Å². The SMILES string of the molecule is CCc1ocnc1C(=O)N[C@@H]1CC(=O)N(CCc2cccc(Cl)c2)C1. The van der Waals surface area contributed by atoms with E-state index in [4.69, 9.17) is 16.0 Å². The number of oxazole rings is 1. The molecule has 3 rings (SSSR count). The van der Waals surface area contributed by atoms with Gasteiger partial charge in [0.2, 0.25) is 5.91 Å². The van der Waals surface area contributed by atoms with Gasteiger partial charge in [-0.15, -0.1) is 0 Å². The van der Waals surface area contributed by atoms with Gasteiger partial charge in [-0.25, -0.2) is 4.98 Å². The van der Waals surface area contributed by atoms with Crippen LogP contribution in [0.25, 0.3) is 0 Å². The molecule has 132 valence electrons. The lowest BCUT2D eigenvalue weighted by molar-refractivity contribution is -0.127. The van der Waals surface area contributed by atoms with E-state index in [-0.39, 0.29) is 17.9 Å². The zero-order valence-electron chi connectivity index (χ0n) is 14.0. The van der Waals surface area contributed by atoms with Crippen LogP contribution < -0.4 is 5.32 Å². The van der Waals surface area contributed by atoms with Crippen molar-refractivity contribution in [2.75, 3.05) is 13.1 Å². The van der Waals surface area contributed by atoms with E-state index in [2.05, 4.69) is 10.3 Å². The van der Waals surface area contributed by atoms with E-state index in [9.17, 15) is 9.59 Å². The number of aryl methyl sites for hydroxylation is 1. The van der Waals surface area contributed by atoms with Gasteiger partial charge in [0.25, 0.3) is 5.91 Å². The molecule has 6 nitrogen and oxygen atoms in total. The van der Waals surface area contributed by atoms with Crippen LogP contribution in [-0.4, -0.2) is 40.8 Å². The van der Waals surface area contributed by atoms with Crippen molar-refractivity contribution >= 4 is 23.4 Å². The fourth-order valence-corrected chi connectivity index (χ4v) is 3.21. The number of rotatable bonds is 6. The number of aromatic nitrogens is 1. The Morgan fingerprint density at radius 1 is 1.48 bits per heavy atom. The van der Waals surface area contributed by atoms with Crippen LogP contribution in [0.3, 0.4) is 0 Å². The van der Waals surface area contributed by atoms with Gasteiger partial charge in [-0.05, 0) is 24.1 Å². The number of amides is 2. The summed E-state index contributed by atoms with van der Waals surface area (Å²) in [4.78, 5) is 30.2. The van der Waals surface area contributed by atoms with Crippen LogP contribution in [0.4, 0.5) is 0 Å². The second-order valence-electron chi connectivity index (χ2n) is 6.07. The Morgan fingerprint density at radius 2 is 2.32 bits per heavy atom. The van der Waals surface area contributed by atoms with Crippen molar-refractivity contribution in [1.29, 1.82) is 0 Å². The molecule has 0 aliphatic carbocycles. The quantitative estimate of drug-likeness (QED) is 0.857. The van der Waals surface area contributed by atoms with Gasteiger partial charge in [-0.1, -0.05) is 30.7 Å². The highest BCUT2D eigenvalue weighted by molar-refractivity contribution is 6.30. The summed E-state index contributed by atoms with van der Waals surface area (Å²) in [6.45, 7) is 3.01. The molecule has 1 atom stereocenters. The van der Waals surface area contributed by atoms with E-state index in [0.29, 0.717) is 42.4 Å². The highest BCUT2D eigenvalue weighted by atomic mass is 35.5. The normalized spacial score (nSPS) is 17.1. The molecule has 0 bridgehead atoms. The smallest absolute Gasteiger partial charge is 0.273 e. The van der Waals surface area contributed by atoms with Gasteiger partial charge in [0.1, 0.15) is 5.76 Å². The minimum Gasteiger partial charge on any atom is -0.448 e. The number of benzene rings is 1. The molecule has 2 heterocycles. The van der Waals surface area contributed by atoms with E-state index in [1.807, 2.05) is 31.2 Å². The van der Waals surface area contributed by atoms with Gasteiger partial charge >= 0.3 is 0 Å². The largest absolute Gasteiger partial charge is 0.448 e. The molecular formula is C18H20ClN3O3. The number of carbonyl (C=O) groups excluding carboxylic acids is 2. The summed E-state index contributed by atoms with van der Waals surface area (Å²) in [5.74, 6) is 0.308. The van der Waals surface area contributed by atoms with Crippen LogP contribution in [0, 0.1) is 0 Å². The van der Waals surface area contributed by atoms with Crippen LogP contribution in [-0.2, 0) is 17.6 Å². The first kappa shape index (κ1) is 17.5. The van der Waals surface area contributed by atoms with Crippen molar-refractivity contribution in [3.8, 4) is 0 Å². The highest BCUT2D eigenvalue weighted by Crippen LogP contribution is 2.16. The molecule has 25 heavy (non-hydrogen) atoms. The molecule has 2 amide bonds. The van der Waals surface area contributed by atoms with Crippen molar-refractivity contribution in [3.05, 3.63) is 52.7 Å². The van der Waals surface area contributed by atoms with E-state index in [1.54, 1.807) is 4.90 Å². The summed E-state index contributed by atoms with van der Waals surface area (Å²) >= 11 is 5.98. The van der Waals surface area contributed by atoms with Crippen LogP contribution >= 0.6 is 11.6 Å². The second kappa shape index (κ2) is 7.70. The fraction of sp³-hybridized carbons (Fsp3) is 0.389. The molecule has 0 unspecified atom stereocenters. The van der Waals surface area contributed by atoms with Crippen LogP contribution in [0.5, 0.6) is 0 Å². The maximum Gasteiger partial charge on any atom is 0.273 e. The van der Waals surface area contributed by atoms with Crippen molar-refractivity contribution < 1.29 is 14.0 Å². The minimum atomic E-state index is -0.292. The standard InChI is InChI=1S/C18H20ClN3O3/c1-2-15-17(20-11-25-15)18(24)21-14-9-16(23)22(10-14)7-6-12-4-3-5-13(19)8-12/h3-5,8,11,14H,2,6-7,9-10H2,1H3,(H,21,24)/t14-/m1/s1. The van der Waals surface area contributed by atoms with Gasteiger partial charge in [0, 0.05) is 31.0 Å². The number of halogens is 1. The third kappa shape index (κ3) is 4.20. The average molecular weight is 362 g/mol. The van der Waals surface area contributed by atoms with Crippen molar-refractivity contribution in [3.63, 3.8) is 0 Å². The Bertz CT molecular complexity index is 774. The highest BCUT2D eigenvalue weighted by Gasteiger charge is 2.31. The lowest BCUT2D eigenvalue weighted by Crippen LogP contribution is -2.38. The molecule has 0 spiro atoms. The number of hydrogen-bond acceptors (Lipinski definition) is 4. The molecule has 0 radical (unpaired) electrons. The Morgan fingerprint density at radius 3 is 3.08 bits per heavy atom. The van der Waals surface area contributed by atoms with Crippen LogP contribution in [0.2, 0.25) is 5.02 Å². The maximum atomic E-state index is 12.3. The molecular weight excluding hydrogens is 342 g/mol. The zero-order valence-corrected chi connectivity index (χ0v) is 14.8. The van der Waals surface area contributed by atoms with Gasteiger partial charge < -0.3 is 14.6 Å². The first-order chi connectivity index (χ1) is 12.1. The topological polar surface area (TPSA) is 75.4 Å². The number of nitrogens with one attached hydrogen (secondary N) is 1. The third-order valence-corrected chi connectivity index (χ3v) is 4.52. The molecule has 1 aromatic heterocycles. The predicted octanol–water partition coefficient (Wildman–Crippen LogP) is 2.46. The monoisotopic (exact) mass is 361 g/mol. The summed E-state index contributed by atoms with van der Waals surface area (Å²) in [6, 6.07) is 7.41. The molecule has 1 saturated heterocycles. The molecule has 1 aliphatic rings. The Balaban J connectivity index is 1.54. The average Bonchev–Trinajstić information content (AvgIpc) is 3.19. The molecule has 7 heteroatoms. The number of carbonyl (C=O) groups is 2. The minimum absolute atomic E-state index is 0.0446. The van der Waals surface area contributed by atoms with Gasteiger partial charge in [-0.2, -0.15) is 0 Å². The summed E-state index contributed by atoms with van der Waals surface area (Å²) in [6.07, 6.45) is 2.90. The van der Waals surface area contributed by atoms with E-state index in [1.165, 1.54) is 6.39 Å². The summed E-state index contributed by atoms with van der Waals surface area (Å²) in [7, 11) is 0. The molecule has 0 saturated carbocycles. The number of hydrogen-bond donors (Lipinski definition) is 1. The maximum absolute atomic E-state index is 12.3. The van der Waals surface area contributed by atoms with E-state index < -0.39 is 0 Å². The summed E-state index contributed by atoms with van der Waals surface area (Å²) < 4.78 is 5.18. The van der Waals surface area contributed by atoms with Gasteiger partial charge in [-0.3, -0.25) is 9.59 Å². The molecule has 1 fully saturated rings. The summed E-state index contributed by atoms with van der Waals surface area (Å²) in [5.41, 5.74) is 1.38. The van der Waals surface area contributed by atoms with Gasteiger partial charge in [0.05, 0.1) is 6.04 Å². The molecule has 1 N–H and O–H groups in total. The number of likely N-dealkylation sites (tertiary alicyclic amines) is 1. The van der Waals surface area contributed by atoms with Crippen molar-refractivity contribution in [2.45, 2.75) is 32.2 Å². The third-order valence-electron chi connectivity index (χ3n) is 4.29. The van der Waals surface area contributed by atoms with Crippen molar-refractivity contribution in [2.24, 2.45) is 0 Å². The summed E-state index contributed by atoms with van der Waals surface area (Å²) in [5, 5.41) is 3.57. The first-order valence-corrected chi connectivity index (χ1v) is 8.70. The Labute approximate surface area is 151 Å². The van der Waals surface area contributed by atoms with Crippen LogP contribution in [0.1, 0.15) is 35.2 Å². The van der Waals surface area contributed by atoms with E-state index >= 15 is 0 Å². The number of nitrogens with zero attached hydrogens (tertiary/aromatic N) is 2. The predicted molar refractivity (Wildman–Crippen MR) is 93.5 cm³/mol. The second-order valence-corrected chi connectivity index (χ2v) is 6.51. The van der Waals surface area contributed by atoms with Gasteiger partial charge in [0.15, 0.2) is 12.1 Å². The fourth-order valence-electron chi connectivity index (χ4n) is 3.00. The van der Waals surface area contributed by atoms with Crippen LogP contribution in [0.15, 0.2) is 35.1 Å². The molecule has 1 aromatic carbocycles. The Hall–Kier alpha value is -2.34. The Kier molecular flexibility index (Phi) is 5.38. The lowest BCUT2D eigenvalue weighted by Gasteiger charge is -2.17. The molecule has 2 aromatic rings. The van der Waals surface area contributed by atoms with Crippen molar-refractivity contribution in [1.82, 2.24) is 15.2 Å². The first-order valence-electron chi connectivity index (χ1n) is 8.32. The molecule has 1 aliphatic heterocycles. The zero-order chi connectivity index (χ0) is 17.8.